The molecule has 0 aliphatic rings. The number of carbonyl (C=O) groups is 1. The number of hydrogen-bond acceptors (Lipinski definition) is 1. The van der Waals surface area contributed by atoms with Crippen LogP contribution in [0.3, 0.4) is 0 Å². The van der Waals surface area contributed by atoms with Gasteiger partial charge < -0.3 is 10.4 Å². The second kappa shape index (κ2) is 3.94. The fourth-order valence-corrected chi connectivity index (χ4v) is 0.448. The zero-order chi connectivity index (χ0) is 6.57. The summed E-state index contributed by atoms with van der Waals surface area (Å²) in [7, 11) is 0. The molecule has 0 aliphatic carbocycles. The van der Waals surface area contributed by atoms with Crippen molar-refractivity contribution in [2.45, 2.75) is 10.8 Å². The Bertz CT molecular complexity index is 84.1. The van der Waals surface area contributed by atoms with E-state index in [0.717, 1.165) is 0 Å². The van der Waals surface area contributed by atoms with Crippen molar-refractivity contribution >= 4 is 28.7 Å². The Labute approximate surface area is 61.6 Å². The lowest BCUT2D eigenvalue weighted by Crippen LogP contribution is -2.26. The standard InChI is InChI=1S/C4H8INO2/c1-3(5)2-6-4(7)8/h3,6H,2H2,1H3,(H,7,8). The maximum atomic E-state index is 9.79. The van der Waals surface area contributed by atoms with Gasteiger partial charge in [0.05, 0.1) is 0 Å². The summed E-state index contributed by atoms with van der Waals surface area (Å²) >= 11 is 2.15. The van der Waals surface area contributed by atoms with E-state index in [0.29, 0.717) is 10.5 Å². The molecule has 0 fully saturated rings. The molecule has 0 rings (SSSR count). The molecule has 48 valence electrons. The first-order chi connectivity index (χ1) is 3.63. The maximum Gasteiger partial charge on any atom is 0.404 e. The normalized spacial score (nSPS) is 12.8. The SMILES string of the molecule is CC(I)CNC(=O)O. The smallest absolute Gasteiger partial charge is 0.404 e. The van der Waals surface area contributed by atoms with Crippen LogP contribution in [0.2, 0.25) is 0 Å². The number of hydrogen-bond donors (Lipinski definition) is 2. The maximum absolute atomic E-state index is 9.79. The lowest BCUT2D eigenvalue weighted by atomic mass is 10.5. The van der Waals surface area contributed by atoms with Crippen LogP contribution in [-0.2, 0) is 0 Å². The average molecular weight is 229 g/mol. The van der Waals surface area contributed by atoms with Crippen molar-refractivity contribution < 1.29 is 9.90 Å². The van der Waals surface area contributed by atoms with E-state index in [1.165, 1.54) is 0 Å². The van der Waals surface area contributed by atoms with Gasteiger partial charge in [-0.05, 0) is 0 Å². The predicted octanol–water partition coefficient (Wildman–Crippen LogP) is 1.08. The van der Waals surface area contributed by atoms with Crippen molar-refractivity contribution in [3.8, 4) is 0 Å². The van der Waals surface area contributed by atoms with Crippen LogP contribution in [0.15, 0.2) is 0 Å². The quantitative estimate of drug-likeness (QED) is 0.549. The van der Waals surface area contributed by atoms with Gasteiger partial charge in [-0.2, -0.15) is 0 Å². The largest absolute Gasteiger partial charge is 0.465 e. The molecule has 0 aromatic rings. The van der Waals surface area contributed by atoms with E-state index in [9.17, 15) is 4.79 Å². The third-order valence-electron chi connectivity index (χ3n) is 0.535. The lowest BCUT2D eigenvalue weighted by Gasteiger charge is -1.99. The molecule has 4 heteroatoms. The van der Waals surface area contributed by atoms with Gasteiger partial charge in [-0.25, -0.2) is 4.79 Å². The fourth-order valence-electron chi connectivity index (χ4n) is 0.228. The third kappa shape index (κ3) is 6.00. The van der Waals surface area contributed by atoms with Crippen molar-refractivity contribution in [2.75, 3.05) is 6.54 Å². The summed E-state index contributed by atoms with van der Waals surface area (Å²) in [6.45, 7) is 2.46. The third-order valence-corrected chi connectivity index (χ3v) is 0.975. The van der Waals surface area contributed by atoms with Crippen molar-refractivity contribution in [1.82, 2.24) is 5.32 Å². The zero-order valence-electron chi connectivity index (χ0n) is 4.52. The molecule has 0 bridgehead atoms. The molecule has 1 unspecified atom stereocenters. The molecule has 8 heavy (non-hydrogen) atoms. The summed E-state index contributed by atoms with van der Waals surface area (Å²) in [5.74, 6) is 0. The number of halogens is 1. The molecule has 0 radical (unpaired) electrons. The summed E-state index contributed by atoms with van der Waals surface area (Å²) in [4.78, 5) is 9.79. The minimum atomic E-state index is -0.950. The van der Waals surface area contributed by atoms with Gasteiger partial charge in [0.15, 0.2) is 0 Å². The second-order valence-electron chi connectivity index (χ2n) is 1.47. The molecular weight excluding hydrogens is 221 g/mol. The Morgan fingerprint density at radius 3 is 2.62 bits per heavy atom. The van der Waals surface area contributed by atoms with E-state index >= 15 is 0 Å². The van der Waals surface area contributed by atoms with Gasteiger partial charge in [-0.3, -0.25) is 0 Å². The topological polar surface area (TPSA) is 49.3 Å². The molecular formula is C4H8INO2. The van der Waals surface area contributed by atoms with Crippen LogP contribution < -0.4 is 5.32 Å². The van der Waals surface area contributed by atoms with Crippen LogP contribution in [0.25, 0.3) is 0 Å². The van der Waals surface area contributed by atoms with Crippen LogP contribution in [-0.4, -0.2) is 21.7 Å². The van der Waals surface area contributed by atoms with Crippen LogP contribution in [0.4, 0.5) is 4.79 Å². The number of amides is 1. The van der Waals surface area contributed by atoms with Crippen molar-refractivity contribution in [3.63, 3.8) is 0 Å². The molecule has 0 aromatic heterocycles. The van der Waals surface area contributed by atoms with E-state index < -0.39 is 6.09 Å². The van der Waals surface area contributed by atoms with E-state index in [4.69, 9.17) is 5.11 Å². The summed E-state index contributed by atoms with van der Waals surface area (Å²) in [5.41, 5.74) is 0. The average Bonchev–Trinajstić information content (AvgIpc) is 1.61. The van der Waals surface area contributed by atoms with Gasteiger partial charge in [-0.1, -0.05) is 29.5 Å². The van der Waals surface area contributed by atoms with Gasteiger partial charge in [0.1, 0.15) is 0 Å². The Kier molecular flexibility index (Phi) is 3.94. The molecule has 1 amide bonds. The van der Waals surface area contributed by atoms with E-state index in [1.54, 1.807) is 0 Å². The predicted molar refractivity (Wildman–Crippen MR) is 39.5 cm³/mol. The monoisotopic (exact) mass is 229 g/mol. The van der Waals surface area contributed by atoms with E-state index in [-0.39, 0.29) is 0 Å². The van der Waals surface area contributed by atoms with Crippen LogP contribution in [0.5, 0.6) is 0 Å². The molecule has 2 N–H and O–H groups in total. The first-order valence-electron chi connectivity index (χ1n) is 2.24. The molecule has 0 saturated heterocycles. The van der Waals surface area contributed by atoms with Gasteiger partial charge in [0.25, 0.3) is 0 Å². The highest BCUT2D eigenvalue weighted by atomic mass is 127. The summed E-state index contributed by atoms with van der Waals surface area (Å²) in [6, 6.07) is 0. The Morgan fingerprint density at radius 2 is 2.50 bits per heavy atom. The van der Waals surface area contributed by atoms with Gasteiger partial charge in [0, 0.05) is 10.5 Å². The summed E-state index contributed by atoms with van der Waals surface area (Å²) in [5, 5.41) is 10.3. The Morgan fingerprint density at radius 1 is 2.00 bits per heavy atom. The Balaban J connectivity index is 3.05. The molecule has 3 nitrogen and oxygen atoms in total. The first kappa shape index (κ1) is 8.00. The van der Waals surface area contributed by atoms with Crippen molar-refractivity contribution in [1.29, 1.82) is 0 Å². The van der Waals surface area contributed by atoms with Crippen LogP contribution in [0.1, 0.15) is 6.92 Å². The number of alkyl halides is 1. The number of nitrogens with one attached hydrogen (secondary N) is 1. The highest BCUT2D eigenvalue weighted by Gasteiger charge is 1.96. The zero-order valence-corrected chi connectivity index (χ0v) is 6.68. The summed E-state index contributed by atoms with van der Waals surface area (Å²) < 4.78 is 0.365. The van der Waals surface area contributed by atoms with Crippen LogP contribution >= 0.6 is 22.6 Å². The first-order valence-corrected chi connectivity index (χ1v) is 3.48. The highest BCUT2D eigenvalue weighted by molar-refractivity contribution is 14.1. The minimum Gasteiger partial charge on any atom is -0.465 e. The van der Waals surface area contributed by atoms with Gasteiger partial charge >= 0.3 is 6.09 Å². The number of rotatable bonds is 2. The van der Waals surface area contributed by atoms with Crippen molar-refractivity contribution in [3.05, 3.63) is 0 Å². The van der Waals surface area contributed by atoms with Crippen molar-refractivity contribution in [2.24, 2.45) is 0 Å². The lowest BCUT2D eigenvalue weighted by molar-refractivity contribution is 0.195. The molecule has 0 saturated carbocycles. The second-order valence-corrected chi connectivity index (χ2v) is 3.59. The molecule has 0 spiro atoms. The van der Waals surface area contributed by atoms with E-state index in [2.05, 4.69) is 27.9 Å². The highest BCUT2D eigenvalue weighted by Crippen LogP contribution is 1.93. The Hall–Kier alpha value is 0. The molecule has 1 atom stereocenters. The van der Waals surface area contributed by atoms with Gasteiger partial charge in [0.2, 0.25) is 0 Å². The summed E-state index contributed by atoms with van der Waals surface area (Å²) in [6.07, 6.45) is -0.950. The van der Waals surface area contributed by atoms with Crippen LogP contribution in [0, 0.1) is 0 Å². The number of carboxylic acid groups (broad SMARTS) is 1. The molecule has 0 aromatic carbocycles. The van der Waals surface area contributed by atoms with Gasteiger partial charge in [-0.15, -0.1) is 0 Å². The fraction of sp³-hybridized carbons (Fsp3) is 0.750. The van der Waals surface area contributed by atoms with E-state index in [1.807, 2.05) is 6.92 Å². The molecule has 0 aliphatic heterocycles. The minimum absolute atomic E-state index is 0.365. The molecule has 0 heterocycles.